The van der Waals surface area contributed by atoms with Gasteiger partial charge in [0.05, 0.1) is 23.6 Å². The molecule has 22 heavy (non-hydrogen) atoms. The molecule has 120 valence electrons. The van der Waals surface area contributed by atoms with Crippen molar-refractivity contribution in [1.29, 1.82) is 0 Å². The van der Waals surface area contributed by atoms with E-state index in [1.165, 1.54) is 12.8 Å². The molecule has 0 radical (unpaired) electrons. The molecule has 0 saturated heterocycles. The van der Waals surface area contributed by atoms with E-state index in [4.69, 9.17) is 4.74 Å². The van der Waals surface area contributed by atoms with Gasteiger partial charge in [0.1, 0.15) is 0 Å². The molecule has 0 aliphatic heterocycles. The molecular formula is C18H27N3O. The third-order valence-electron chi connectivity index (χ3n) is 4.09. The first kappa shape index (κ1) is 16.8. The topological polar surface area (TPSA) is 37.7 Å². The number of hydrogen-bond donors (Lipinski definition) is 0. The van der Waals surface area contributed by atoms with Crippen molar-refractivity contribution in [3.05, 3.63) is 36.2 Å². The van der Waals surface area contributed by atoms with Gasteiger partial charge in [-0.05, 0) is 59.3 Å². The molecule has 0 aromatic carbocycles. The second-order valence-corrected chi connectivity index (χ2v) is 6.01. The minimum absolute atomic E-state index is 0.00390. The fourth-order valence-electron chi connectivity index (χ4n) is 2.95. The van der Waals surface area contributed by atoms with Gasteiger partial charge < -0.3 is 9.64 Å². The summed E-state index contributed by atoms with van der Waals surface area (Å²) in [6, 6.07) is 6.37. The SMILES string of the molecule is C/C=C(\N=CC(C)O[C@@H]1CCCC1N(C)C)c1ccccn1. The highest BCUT2D eigenvalue weighted by atomic mass is 16.5. The quantitative estimate of drug-likeness (QED) is 0.756. The highest BCUT2D eigenvalue weighted by Gasteiger charge is 2.30. The third-order valence-corrected chi connectivity index (χ3v) is 4.09. The number of likely N-dealkylation sites (N-methyl/N-ethyl adjacent to an activating group) is 1. The van der Waals surface area contributed by atoms with E-state index in [9.17, 15) is 0 Å². The van der Waals surface area contributed by atoms with Crippen molar-refractivity contribution in [2.24, 2.45) is 4.99 Å². The second-order valence-electron chi connectivity index (χ2n) is 6.01. The van der Waals surface area contributed by atoms with Crippen LogP contribution in [0.1, 0.15) is 38.8 Å². The molecule has 4 heteroatoms. The fourth-order valence-corrected chi connectivity index (χ4v) is 2.95. The van der Waals surface area contributed by atoms with E-state index in [1.807, 2.05) is 37.4 Å². The maximum Gasteiger partial charge on any atom is 0.0902 e. The molecule has 1 aliphatic rings. The van der Waals surface area contributed by atoms with Crippen LogP contribution in [0.2, 0.25) is 0 Å². The molecule has 4 nitrogen and oxygen atoms in total. The van der Waals surface area contributed by atoms with Crippen molar-refractivity contribution in [2.75, 3.05) is 14.1 Å². The molecule has 1 aromatic rings. The lowest BCUT2D eigenvalue weighted by molar-refractivity contribution is 0.000134. The Hall–Kier alpha value is -1.52. The highest BCUT2D eigenvalue weighted by Crippen LogP contribution is 2.26. The molecule has 0 N–H and O–H groups in total. The maximum atomic E-state index is 6.18. The Labute approximate surface area is 133 Å². The van der Waals surface area contributed by atoms with Gasteiger partial charge in [0, 0.05) is 18.5 Å². The molecule has 3 atom stereocenters. The van der Waals surface area contributed by atoms with Crippen LogP contribution in [0.25, 0.3) is 5.70 Å². The summed E-state index contributed by atoms with van der Waals surface area (Å²) in [6.07, 6.45) is 9.55. The molecule has 0 bridgehead atoms. The monoisotopic (exact) mass is 301 g/mol. The summed E-state index contributed by atoms with van der Waals surface area (Å²) in [4.78, 5) is 11.2. The van der Waals surface area contributed by atoms with Gasteiger partial charge in [-0.25, -0.2) is 0 Å². The van der Waals surface area contributed by atoms with Crippen molar-refractivity contribution < 1.29 is 4.74 Å². The van der Waals surface area contributed by atoms with Crippen molar-refractivity contribution in [3.63, 3.8) is 0 Å². The summed E-state index contributed by atoms with van der Waals surface area (Å²) in [5.74, 6) is 0. The molecule has 1 saturated carbocycles. The molecule has 2 rings (SSSR count). The summed E-state index contributed by atoms with van der Waals surface area (Å²) in [5.41, 5.74) is 1.77. The number of nitrogens with zero attached hydrogens (tertiary/aromatic N) is 3. The van der Waals surface area contributed by atoms with Crippen LogP contribution in [0.5, 0.6) is 0 Å². The number of aliphatic imine (C=N–C) groups is 1. The fraction of sp³-hybridized carbons (Fsp3) is 0.556. The Morgan fingerprint density at radius 2 is 2.23 bits per heavy atom. The van der Waals surface area contributed by atoms with E-state index in [-0.39, 0.29) is 6.10 Å². The van der Waals surface area contributed by atoms with Gasteiger partial charge in [-0.2, -0.15) is 0 Å². The zero-order valence-electron chi connectivity index (χ0n) is 14.1. The van der Waals surface area contributed by atoms with Gasteiger partial charge in [-0.15, -0.1) is 0 Å². The van der Waals surface area contributed by atoms with E-state index in [0.717, 1.165) is 17.8 Å². The van der Waals surface area contributed by atoms with Crippen LogP contribution in [-0.2, 0) is 4.74 Å². The summed E-state index contributed by atoms with van der Waals surface area (Å²) in [7, 11) is 4.26. The van der Waals surface area contributed by atoms with E-state index in [0.29, 0.717) is 12.1 Å². The summed E-state index contributed by atoms with van der Waals surface area (Å²) < 4.78 is 6.18. The first-order chi connectivity index (χ1) is 10.6. The largest absolute Gasteiger partial charge is 0.368 e. The Morgan fingerprint density at radius 1 is 1.41 bits per heavy atom. The maximum absolute atomic E-state index is 6.18. The number of ether oxygens (including phenoxy) is 1. The van der Waals surface area contributed by atoms with Gasteiger partial charge in [-0.1, -0.05) is 12.1 Å². The third kappa shape index (κ3) is 4.49. The van der Waals surface area contributed by atoms with Gasteiger partial charge >= 0.3 is 0 Å². The number of hydrogen-bond acceptors (Lipinski definition) is 4. The lowest BCUT2D eigenvalue weighted by Crippen LogP contribution is -2.38. The summed E-state index contributed by atoms with van der Waals surface area (Å²) in [6.45, 7) is 4.03. The van der Waals surface area contributed by atoms with E-state index < -0.39 is 0 Å². The number of aromatic nitrogens is 1. The summed E-state index contributed by atoms with van der Waals surface area (Å²) in [5, 5.41) is 0. The van der Waals surface area contributed by atoms with Gasteiger partial charge in [0.15, 0.2) is 0 Å². The molecule has 0 amide bonds. The van der Waals surface area contributed by atoms with Crippen LogP contribution in [0, 0.1) is 0 Å². The predicted molar refractivity (Wildman–Crippen MR) is 92.0 cm³/mol. The number of pyridine rings is 1. The highest BCUT2D eigenvalue weighted by molar-refractivity contribution is 5.74. The standard InChI is InChI=1S/C18H27N3O/c1-5-15(16-9-6-7-12-19-16)20-13-14(2)22-18-11-8-10-17(18)21(3)4/h5-7,9,12-14,17-18H,8,10-11H2,1-4H3/b15-5-,20-13?/t14?,17?,18-/m1/s1. The summed E-state index contributed by atoms with van der Waals surface area (Å²) >= 11 is 0. The van der Waals surface area contributed by atoms with Gasteiger partial charge in [0.25, 0.3) is 0 Å². The van der Waals surface area contributed by atoms with Crippen molar-refractivity contribution >= 4 is 11.9 Å². The Kier molecular flexibility index (Phi) is 6.28. The van der Waals surface area contributed by atoms with E-state index in [2.05, 4.69) is 35.9 Å². The zero-order valence-corrected chi connectivity index (χ0v) is 14.1. The lowest BCUT2D eigenvalue weighted by Gasteiger charge is -2.27. The van der Waals surface area contributed by atoms with Crippen LogP contribution in [0.3, 0.4) is 0 Å². The molecule has 1 heterocycles. The van der Waals surface area contributed by atoms with Crippen LogP contribution in [-0.4, -0.2) is 48.4 Å². The Bertz CT molecular complexity index is 510. The van der Waals surface area contributed by atoms with Gasteiger partial charge in [0.2, 0.25) is 0 Å². The van der Waals surface area contributed by atoms with Crippen LogP contribution in [0.4, 0.5) is 0 Å². The average Bonchev–Trinajstić information content (AvgIpc) is 2.97. The Morgan fingerprint density at radius 3 is 2.86 bits per heavy atom. The van der Waals surface area contributed by atoms with Crippen molar-refractivity contribution in [3.8, 4) is 0 Å². The first-order valence-corrected chi connectivity index (χ1v) is 8.05. The molecule has 2 unspecified atom stereocenters. The smallest absolute Gasteiger partial charge is 0.0902 e. The minimum atomic E-state index is 0.00390. The molecule has 1 aliphatic carbocycles. The van der Waals surface area contributed by atoms with Crippen LogP contribution >= 0.6 is 0 Å². The predicted octanol–water partition coefficient (Wildman–Crippen LogP) is 3.40. The van der Waals surface area contributed by atoms with Crippen molar-refractivity contribution in [1.82, 2.24) is 9.88 Å². The van der Waals surface area contributed by atoms with E-state index in [1.54, 1.807) is 6.20 Å². The second kappa shape index (κ2) is 8.20. The molecule has 0 spiro atoms. The van der Waals surface area contributed by atoms with Crippen LogP contribution in [0.15, 0.2) is 35.5 Å². The minimum Gasteiger partial charge on any atom is -0.368 e. The van der Waals surface area contributed by atoms with E-state index >= 15 is 0 Å². The molecular weight excluding hydrogens is 274 g/mol. The first-order valence-electron chi connectivity index (χ1n) is 8.05. The van der Waals surface area contributed by atoms with Crippen molar-refractivity contribution in [2.45, 2.75) is 51.4 Å². The zero-order chi connectivity index (χ0) is 15.9. The lowest BCUT2D eigenvalue weighted by atomic mass is 10.2. The molecule has 1 aromatic heterocycles. The Balaban J connectivity index is 1.95. The van der Waals surface area contributed by atoms with Crippen LogP contribution < -0.4 is 0 Å². The van der Waals surface area contributed by atoms with Gasteiger partial charge in [-0.3, -0.25) is 9.98 Å². The average molecular weight is 301 g/mol. The molecule has 1 fully saturated rings. The normalized spacial score (nSPS) is 24.3. The number of rotatable bonds is 6. The number of allylic oxidation sites excluding steroid dienone is 1.